The lowest BCUT2D eigenvalue weighted by molar-refractivity contribution is 0.491. The number of halogens is 1. The molecule has 0 radical (unpaired) electrons. The van der Waals surface area contributed by atoms with Crippen molar-refractivity contribution in [3.05, 3.63) is 47.5 Å². The average molecular weight is 435 g/mol. The minimum absolute atomic E-state index is 0.182. The summed E-state index contributed by atoms with van der Waals surface area (Å²) >= 11 is 6.27. The van der Waals surface area contributed by atoms with Gasteiger partial charge < -0.3 is 9.88 Å². The minimum Gasteiger partial charge on any atom is -0.330 e. The zero-order valence-electron chi connectivity index (χ0n) is 16.9. The molecule has 0 spiro atoms. The van der Waals surface area contributed by atoms with E-state index in [9.17, 15) is 8.42 Å². The van der Waals surface area contributed by atoms with Crippen LogP contribution < -0.4 is 10.0 Å². The molecule has 3 rings (SSSR count). The van der Waals surface area contributed by atoms with Gasteiger partial charge >= 0.3 is 0 Å². The first-order valence-electron chi connectivity index (χ1n) is 8.88. The van der Waals surface area contributed by atoms with E-state index in [1.165, 1.54) is 18.3 Å². The van der Waals surface area contributed by atoms with Gasteiger partial charge in [-0.1, -0.05) is 11.6 Å². The Morgan fingerprint density at radius 1 is 1.07 bits per heavy atom. The van der Waals surface area contributed by atoms with Crippen LogP contribution in [0.2, 0.25) is 5.02 Å². The second kappa shape index (κ2) is 7.74. The minimum atomic E-state index is -3.59. The highest BCUT2D eigenvalue weighted by Gasteiger charge is 2.21. The standard InChI is InChI=1S/C19H23ClN6O2S/c1-12-21-11-16(26(12)5)17-15(20)10-22-18(24-17)23-13-6-8-14(9-7-13)29(27,28)25-19(2,3)4/h6-11,25H,1-5H3,(H,22,23,24). The Balaban J connectivity index is 1.84. The number of rotatable bonds is 5. The summed E-state index contributed by atoms with van der Waals surface area (Å²) in [4.78, 5) is 13.1. The topological polar surface area (TPSA) is 102 Å². The van der Waals surface area contributed by atoms with Crippen molar-refractivity contribution in [3.8, 4) is 11.4 Å². The molecular weight excluding hydrogens is 412 g/mol. The maximum Gasteiger partial charge on any atom is 0.241 e. The van der Waals surface area contributed by atoms with E-state index in [-0.39, 0.29) is 4.90 Å². The van der Waals surface area contributed by atoms with Gasteiger partial charge in [0.1, 0.15) is 11.5 Å². The van der Waals surface area contributed by atoms with Gasteiger partial charge in [-0.25, -0.2) is 28.1 Å². The van der Waals surface area contributed by atoms with Crippen LogP contribution >= 0.6 is 11.6 Å². The smallest absolute Gasteiger partial charge is 0.241 e. The number of imidazole rings is 1. The summed E-state index contributed by atoms with van der Waals surface area (Å²) in [5.74, 6) is 1.18. The third kappa shape index (κ3) is 4.92. The maximum absolute atomic E-state index is 12.4. The highest BCUT2D eigenvalue weighted by atomic mass is 35.5. The molecule has 0 bridgehead atoms. The van der Waals surface area contributed by atoms with Crippen molar-refractivity contribution in [2.45, 2.75) is 38.1 Å². The number of aryl methyl sites for hydroxylation is 1. The summed E-state index contributed by atoms with van der Waals surface area (Å²) < 4.78 is 29.3. The molecule has 2 N–H and O–H groups in total. The van der Waals surface area contributed by atoms with E-state index in [1.54, 1.807) is 39.1 Å². The third-order valence-electron chi connectivity index (χ3n) is 4.07. The molecule has 29 heavy (non-hydrogen) atoms. The van der Waals surface area contributed by atoms with Crippen LogP contribution in [-0.4, -0.2) is 33.5 Å². The van der Waals surface area contributed by atoms with E-state index in [0.29, 0.717) is 22.4 Å². The van der Waals surface area contributed by atoms with Crippen molar-refractivity contribution in [1.82, 2.24) is 24.2 Å². The van der Waals surface area contributed by atoms with Gasteiger partial charge in [-0.2, -0.15) is 0 Å². The van der Waals surface area contributed by atoms with Gasteiger partial charge in [0.05, 0.1) is 28.0 Å². The average Bonchev–Trinajstić information content (AvgIpc) is 2.94. The fourth-order valence-electron chi connectivity index (χ4n) is 2.64. The first-order valence-corrected chi connectivity index (χ1v) is 10.7. The van der Waals surface area contributed by atoms with Gasteiger partial charge in [0.25, 0.3) is 0 Å². The molecule has 1 aromatic carbocycles. The molecule has 3 aromatic rings. The third-order valence-corrected chi connectivity index (χ3v) is 6.12. The summed E-state index contributed by atoms with van der Waals surface area (Å²) in [6.07, 6.45) is 3.22. The van der Waals surface area contributed by atoms with Crippen LogP contribution in [0.5, 0.6) is 0 Å². The number of sulfonamides is 1. The van der Waals surface area contributed by atoms with E-state index in [0.717, 1.165) is 11.5 Å². The zero-order chi connectivity index (χ0) is 21.4. The number of benzene rings is 1. The molecule has 0 aliphatic heterocycles. The van der Waals surface area contributed by atoms with Crippen LogP contribution in [0.15, 0.2) is 41.6 Å². The van der Waals surface area contributed by atoms with E-state index < -0.39 is 15.6 Å². The molecule has 0 unspecified atom stereocenters. The summed E-state index contributed by atoms with van der Waals surface area (Å²) in [6, 6.07) is 6.36. The monoisotopic (exact) mass is 434 g/mol. The number of nitrogens with one attached hydrogen (secondary N) is 2. The first-order chi connectivity index (χ1) is 13.5. The van der Waals surface area contributed by atoms with Crippen molar-refractivity contribution in [3.63, 3.8) is 0 Å². The Labute approximate surface area is 175 Å². The van der Waals surface area contributed by atoms with Crippen molar-refractivity contribution in [2.24, 2.45) is 7.05 Å². The molecule has 10 heteroatoms. The Hall–Kier alpha value is -2.49. The van der Waals surface area contributed by atoms with Gasteiger partial charge in [-0.3, -0.25) is 0 Å². The normalized spacial score (nSPS) is 12.2. The molecule has 2 aromatic heterocycles. The van der Waals surface area contributed by atoms with Crippen LogP contribution in [0.3, 0.4) is 0 Å². The summed E-state index contributed by atoms with van der Waals surface area (Å²) in [7, 11) is -1.71. The zero-order valence-corrected chi connectivity index (χ0v) is 18.4. The Bertz CT molecular complexity index is 1130. The van der Waals surface area contributed by atoms with Crippen molar-refractivity contribution in [1.29, 1.82) is 0 Å². The van der Waals surface area contributed by atoms with Crippen LogP contribution in [0.4, 0.5) is 11.6 Å². The van der Waals surface area contributed by atoms with Crippen molar-refractivity contribution < 1.29 is 8.42 Å². The van der Waals surface area contributed by atoms with Gasteiger partial charge in [-0.15, -0.1) is 0 Å². The molecular formula is C19H23ClN6O2S. The Kier molecular flexibility index (Phi) is 5.66. The SMILES string of the molecule is Cc1ncc(-c2nc(Nc3ccc(S(=O)(=O)NC(C)(C)C)cc3)ncc2Cl)n1C. The number of hydrogen-bond donors (Lipinski definition) is 2. The summed E-state index contributed by atoms with van der Waals surface area (Å²) in [5, 5.41) is 3.48. The van der Waals surface area contributed by atoms with Crippen LogP contribution in [0, 0.1) is 6.92 Å². The summed E-state index contributed by atoms with van der Waals surface area (Å²) in [6.45, 7) is 7.26. The van der Waals surface area contributed by atoms with Crippen molar-refractivity contribution in [2.75, 3.05) is 5.32 Å². The molecule has 8 nitrogen and oxygen atoms in total. The van der Waals surface area contributed by atoms with Crippen molar-refractivity contribution >= 4 is 33.3 Å². The molecule has 0 fully saturated rings. The molecule has 0 aliphatic carbocycles. The largest absolute Gasteiger partial charge is 0.330 e. The molecule has 0 atom stereocenters. The number of hydrogen-bond acceptors (Lipinski definition) is 6. The quantitative estimate of drug-likeness (QED) is 0.635. The second-order valence-electron chi connectivity index (χ2n) is 7.64. The maximum atomic E-state index is 12.4. The van der Waals surface area contributed by atoms with Crippen LogP contribution in [0.25, 0.3) is 11.4 Å². The van der Waals surface area contributed by atoms with Gasteiger partial charge in [0, 0.05) is 18.3 Å². The van der Waals surface area contributed by atoms with Gasteiger partial charge in [0.15, 0.2) is 0 Å². The van der Waals surface area contributed by atoms with Crippen LogP contribution in [0.1, 0.15) is 26.6 Å². The molecule has 0 saturated carbocycles. The fraction of sp³-hybridized carbons (Fsp3) is 0.316. The predicted molar refractivity (Wildman–Crippen MR) is 114 cm³/mol. The number of anilines is 2. The lowest BCUT2D eigenvalue weighted by Crippen LogP contribution is -2.40. The molecule has 154 valence electrons. The van der Waals surface area contributed by atoms with E-state index in [4.69, 9.17) is 11.6 Å². The lowest BCUT2D eigenvalue weighted by atomic mass is 10.1. The fourth-order valence-corrected chi connectivity index (χ4v) is 4.24. The molecule has 0 amide bonds. The van der Waals surface area contributed by atoms with Gasteiger partial charge in [0.2, 0.25) is 16.0 Å². The van der Waals surface area contributed by atoms with E-state index >= 15 is 0 Å². The Morgan fingerprint density at radius 3 is 2.28 bits per heavy atom. The first kappa shape index (κ1) is 21.2. The van der Waals surface area contributed by atoms with Gasteiger partial charge in [-0.05, 0) is 52.0 Å². The number of aromatic nitrogens is 4. The lowest BCUT2D eigenvalue weighted by Gasteiger charge is -2.20. The van der Waals surface area contributed by atoms with Crippen LogP contribution in [-0.2, 0) is 17.1 Å². The predicted octanol–water partition coefficient (Wildman–Crippen LogP) is 3.66. The molecule has 0 aliphatic rings. The highest BCUT2D eigenvalue weighted by molar-refractivity contribution is 7.89. The van der Waals surface area contributed by atoms with E-state index in [2.05, 4.69) is 25.0 Å². The highest BCUT2D eigenvalue weighted by Crippen LogP contribution is 2.27. The Morgan fingerprint density at radius 2 is 1.72 bits per heavy atom. The molecule has 0 saturated heterocycles. The van der Waals surface area contributed by atoms with E-state index in [1.807, 2.05) is 18.5 Å². The number of nitrogens with zero attached hydrogens (tertiary/aromatic N) is 4. The summed E-state index contributed by atoms with van der Waals surface area (Å²) in [5.41, 5.74) is 1.41. The molecule has 2 heterocycles. The second-order valence-corrected chi connectivity index (χ2v) is 9.73.